The molecule has 0 heterocycles. The van der Waals surface area contributed by atoms with Crippen molar-refractivity contribution in [1.82, 2.24) is 5.32 Å². The van der Waals surface area contributed by atoms with Gasteiger partial charge in [0.25, 0.3) is 0 Å². The maximum absolute atomic E-state index is 12.0. The molecule has 1 fully saturated rings. The molecule has 0 saturated heterocycles. The molecule has 0 spiro atoms. The van der Waals surface area contributed by atoms with Gasteiger partial charge >= 0.3 is 0 Å². The van der Waals surface area contributed by atoms with Crippen LogP contribution in [0, 0.1) is 5.92 Å². The van der Waals surface area contributed by atoms with E-state index in [0.717, 1.165) is 12.0 Å². The minimum atomic E-state index is -0.502. The van der Waals surface area contributed by atoms with E-state index in [1.807, 2.05) is 30.3 Å². The fourth-order valence-corrected chi connectivity index (χ4v) is 3.62. The summed E-state index contributed by atoms with van der Waals surface area (Å²) in [5.74, 6) is 1.66. The number of nitrogens with one attached hydrogen (secondary N) is 1. The van der Waals surface area contributed by atoms with Gasteiger partial charge in [0.2, 0.25) is 5.91 Å². The number of rotatable bonds is 6. The summed E-state index contributed by atoms with van der Waals surface area (Å²) in [6.45, 7) is 2.22. The highest BCUT2D eigenvalue weighted by Crippen LogP contribution is 2.24. The third-order valence-corrected chi connectivity index (χ3v) is 5.17. The summed E-state index contributed by atoms with van der Waals surface area (Å²) in [7, 11) is 0. The highest BCUT2D eigenvalue weighted by molar-refractivity contribution is 7.99. The summed E-state index contributed by atoms with van der Waals surface area (Å²) in [6, 6.07) is 9.93. The second kappa shape index (κ2) is 8.44. The van der Waals surface area contributed by atoms with Crippen LogP contribution in [0.15, 0.2) is 30.3 Å². The summed E-state index contributed by atoms with van der Waals surface area (Å²) < 4.78 is 0. The molecule has 0 aromatic heterocycles. The van der Waals surface area contributed by atoms with E-state index in [1.165, 1.54) is 31.0 Å². The summed E-state index contributed by atoms with van der Waals surface area (Å²) in [5.41, 5.74) is 0.909. The Labute approximate surface area is 131 Å². The van der Waals surface area contributed by atoms with Crippen LogP contribution in [-0.2, 0) is 4.79 Å². The smallest absolute Gasteiger partial charge is 0.230 e. The van der Waals surface area contributed by atoms with Crippen LogP contribution < -0.4 is 5.32 Å². The molecule has 2 N–H and O–H groups in total. The van der Waals surface area contributed by atoms with E-state index in [1.54, 1.807) is 0 Å². The molecular formula is C17H25NO2S. The largest absolute Gasteiger partial charge is 0.388 e. The lowest BCUT2D eigenvalue weighted by atomic mass is 9.86. The van der Waals surface area contributed by atoms with Gasteiger partial charge in [-0.3, -0.25) is 4.79 Å². The molecular weight excluding hydrogens is 282 g/mol. The third kappa shape index (κ3) is 5.36. The molecule has 0 bridgehead atoms. The molecule has 1 amide bonds. The zero-order valence-electron chi connectivity index (χ0n) is 12.6. The number of hydrogen-bond acceptors (Lipinski definition) is 3. The van der Waals surface area contributed by atoms with E-state index in [2.05, 4.69) is 12.2 Å². The van der Waals surface area contributed by atoms with E-state index in [4.69, 9.17) is 0 Å². The van der Waals surface area contributed by atoms with Gasteiger partial charge in [-0.05, 0) is 24.3 Å². The van der Waals surface area contributed by atoms with Gasteiger partial charge in [0, 0.05) is 11.8 Å². The van der Waals surface area contributed by atoms with E-state index in [0.29, 0.717) is 23.5 Å². The number of benzene rings is 1. The second-order valence-electron chi connectivity index (χ2n) is 5.88. The zero-order chi connectivity index (χ0) is 15.1. The van der Waals surface area contributed by atoms with Gasteiger partial charge in [0.05, 0.1) is 11.9 Å². The Hall–Kier alpha value is -1.00. The molecule has 1 aliphatic rings. The number of carbonyl (C=O) groups is 1. The maximum Gasteiger partial charge on any atom is 0.230 e. The lowest BCUT2D eigenvalue weighted by Gasteiger charge is -2.29. The minimum Gasteiger partial charge on any atom is -0.388 e. The van der Waals surface area contributed by atoms with Crippen LogP contribution in [0.25, 0.3) is 0 Å². The van der Waals surface area contributed by atoms with E-state index >= 15 is 0 Å². The monoisotopic (exact) mass is 307 g/mol. The molecule has 3 nitrogen and oxygen atoms in total. The highest BCUT2D eigenvalue weighted by Gasteiger charge is 2.22. The normalized spacial score (nSPS) is 23.5. The van der Waals surface area contributed by atoms with Crippen LogP contribution >= 0.6 is 11.8 Å². The predicted molar refractivity (Wildman–Crippen MR) is 88.3 cm³/mol. The van der Waals surface area contributed by atoms with Crippen molar-refractivity contribution in [3.63, 3.8) is 0 Å². The molecule has 21 heavy (non-hydrogen) atoms. The molecule has 1 aromatic carbocycles. The number of aliphatic hydroxyl groups excluding tert-OH is 1. The van der Waals surface area contributed by atoms with E-state index in [9.17, 15) is 9.90 Å². The Balaban J connectivity index is 1.67. The lowest BCUT2D eigenvalue weighted by molar-refractivity contribution is -0.119. The van der Waals surface area contributed by atoms with Crippen LogP contribution in [0.5, 0.6) is 0 Å². The number of aliphatic hydroxyl groups is 1. The first kappa shape index (κ1) is 16.4. The van der Waals surface area contributed by atoms with Crippen molar-refractivity contribution >= 4 is 17.7 Å². The number of thioether (sulfide) groups is 1. The molecule has 0 unspecified atom stereocenters. The zero-order valence-corrected chi connectivity index (χ0v) is 13.4. The fraction of sp³-hybridized carbons (Fsp3) is 0.588. The Morgan fingerprint density at radius 3 is 2.76 bits per heavy atom. The van der Waals surface area contributed by atoms with Gasteiger partial charge in [0.1, 0.15) is 0 Å². The standard InChI is InChI=1S/C17H25NO2S/c1-13-7-5-6-10-15(13)18-17(20)12-21-11-16(19)14-8-3-2-4-9-14/h2-4,8-9,13,15-16,19H,5-7,10-12H2,1H3,(H,18,20)/t13-,15-,16-/m1/s1. The SMILES string of the molecule is C[C@@H]1CCCC[C@H]1NC(=O)CSC[C@@H](O)c1ccccc1. The first-order valence-corrected chi connectivity index (χ1v) is 8.92. The second-order valence-corrected chi connectivity index (χ2v) is 6.91. The Bertz CT molecular complexity index is 438. The molecule has 1 aromatic rings. The van der Waals surface area contributed by atoms with Crippen molar-refractivity contribution in [3.8, 4) is 0 Å². The first-order chi connectivity index (χ1) is 10.2. The fourth-order valence-electron chi connectivity index (χ4n) is 2.81. The summed E-state index contributed by atoms with van der Waals surface area (Å²) in [6.07, 6.45) is 4.31. The van der Waals surface area contributed by atoms with Crippen molar-refractivity contribution in [3.05, 3.63) is 35.9 Å². The average Bonchev–Trinajstić information content (AvgIpc) is 2.50. The van der Waals surface area contributed by atoms with Crippen LogP contribution in [0.4, 0.5) is 0 Å². The molecule has 2 rings (SSSR count). The topological polar surface area (TPSA) is 49.3 Å². The maximum atomic E-state index is 12.0. The molecule has 116 valence electrons. The molecule has 0 aliphatic heterocycles. The summed E-state index contributed by atoms with van der Waals surface area (Å²) >= 11 is 1.49. The quantitative estimate of drug-likeness (QED) is 0.849. The average molecular weight is 307 g/mol. The minimum absolute atomic E-state index is 0.0963. The van der Waals surface area contributed by atoms with Gasteiger partial charge in [-0.15, -0.1) is 11.8 Å². The predicted octanol–water partition coefficient (Wildman–Crippen LogP) is 3.15. The number of carbonyl (C=O) groups excluding carboxylic acids is 1. The van der Waals surface area contributed by atoms with Gasteiger partial charge < -0.3 is 10.4 Å². The first-order valence-electron chi connectivity index (χ1n) is 7.77. The molecule has 1 aliphatic carbocycles. The van der Waals surface area contributed by atoms with Crippen molar-refractivity contribution in [2.24, 2.45) is 5.92 Å². The van der Waals surface area contributed by atoms with Gasteiger partial charge in [-0.25, -0.2) is 0 Å². The Morgan fingerprint density at radius 2 is 2.05 bits per heavy atom. The van der Waals surface area contributed by atoms with Crippen LogP contribution in [0.2, 0.25) is 0 Å². The summed E-state index contributed by atoms with van der Waals surface area (Å²) in [5, 5.41) is 13.2. The lowest BCUT2D eigenvalue weighted by Crippen LogP contribution is -2.41. The molecule has 3 atom stereocenters. The van der Waals surface area contributed by atoms with Crippen molar-refractivity contribution in [2.75, 3.05) is 11.5 Å². The van der Waals surface area contributed by atoms with Crippen molar-refractivity contribution in [1.29, 1.82) is 0 Å². The van der Waals surface area contributed by atoms with Crippen molar-refractivity contribution in [2.45, 2.75) is 44.8 Å². The Morgan fingerprint density at radius 1 is 1.33 bits per heavy atom. The highest BCUT2D eigenvalue weighted by atomic mass is 32.2. The van der Waals surface area contributed by atoms with Gasteiger partial charge in [-0.2, -0.15) is 0 Å². The van der Waals surface area contributed by atoms with Gasteiger partial charge in [-0.1, -0.05) is 50.1 Å². The van der Waals surface area contributed by atoms with E-state index < -0.39 is 6.10 Å². The molecule has 4 heteroatoms. The number of hydrogen-bond donors (Lipinski definition) is 2. The van der Waals surface area contributed by atoms with Gasteiger partial charge in [0.15, 0.2) is 0 Å². The number of amides is 1. The van der Waals surface area contributed by atoms with Crippen molar-refractivity contribution < 1.29 is 9.90 Å². The van der Waals surface area contributed by atoms with Crippen LogP contribution in [-0.4, -0.2) is 28.6 Å². The van der Waals surface area contributed by atoms with E-state index in [-0.39, 0.29) is 5.91 Å². The third-order valence-electron chi connectivity index (χ3n) is 4.15. The Kier molecular flexibility index (Phi) is 6.58. The van der Waals surface area contributed by atoms with Crippen LogP contribution in [0.1, 0.15) is 44.3 Å². The van der Waals surface area contributed by atoms with Crippen LogP contribution in [0.3, 0.4) is 0 Å². The molecule has 1 saturated carbocycles. The summed E-state index contributed by atoms with van der Waals surface area (Å²) in [4.78, 5) is 12.0. The molecule has 0 radical (unpaired) electrons.